The molecular formula is C21H28N4O3. The Morgan fingerprint density at radius 2 is 1.86 bits per heavy atom. The van der Waals surface area contributed by atoms with E-state index >= 15 is 0 Å². The maximum atomic E-state index is 12.5. The maximum absolute atomic E-state index is 12.5. The third-order valence-electron chi connectivity index (χ3n) is 5.01. The molecule has 1 saturated heterocycles. The minimum atomic E-state index is -0.293. The highest BCUT2D eigenvalue weighted by atomic mass is 16.5. The van der Waals surface area contributed by atoms with Gasteiger partial charge in [-0.05, 0) is 43.1 Å². The highest BCUT2D eigenvalue weighted by Crippen LogP contribution is 2.16. The van der Waals surface area contributed by atoms with E-state index in [1.54, 1.807) is 7.11 Å². The number of hydrogen-bond acceptors (Lipinski definition) is 5. The van der Waals surface area contributed by atoms with Gasteiger partial charge in [0.05, 0.1) is 13.2 Å². The van der Waals surface area contributed by atoms with Crippen molar-refractivity contribution in [2.45, 2.75) is 38.9 Å². The maximum Gasteiger partial charge on any atom is 0.271 e. The first-order valence-corrected chi connectivity index (χ1v) is 9.82. The van der Waals surface area contributed by atoms with Gasteiger partial charge in [-0.15, -0.1) is 0 Å². The predicted molar refractivity (Wildman–Crippen MR) is 107 cm³/mol. The molecule has 1 aromatic carbocycles. The largest absolute Gasteiger partial charge is 0.383 e. The molecule has 1 aliphatic heterocycles. The number of piperidine rings is 1. The van der Waals surface area contributed by atoms with Crippen LogP contribution in [0.1, 0.15) is 40.9 Å². The number of carbonyl (C=O) groups excluding carboxylic acids is 1. The predicted octanol–water partition coefficient (Wildman–Crippen LogP) is 1.81. The van der Waals surface area contributed by atoms with Crippen LogP contribution in [0.4, 0.5) is 0 Å². The SMILES string of the molecule is COCCn1nc(C(=O)NCc2ccccc2CN2CCCCC2)ccc1=O. The zero-order valence-corrected chi connectivity index (χ0v) is 16.4. The Kier molecular flexibility index (Phi) is 7.33. The molecule has 0 unspecified atom stereocenters. The van der Waals surface area contributed by atoms with Crippen LogP contribution in [0.25, 0.3) is 0 Å². The van der Waals surface area contributed by atoms with E-state index in [1.165, 1.54) is 41.6 Å². The third-order valence-corrected chi connectivity index (χ3v) is 5.01. The minimum absolute atomic E-state index is 0.226. The average Bonchev–Trinajstić information content (AvgIpc) is 2.73. The average molecular weight is 384 g/mol. The van der Waals surface area contributed by atoms with E-state index in [1.807, 2.05) is 18.2 Å². The van der Waals surface area contributed by atoms with Crippen LogP contribution in [-0.2, 0) is 24.4 Å². The number of nitrogens with zero attached hydrogens (tertiary/aromatic N) is 3. The number of rotatable bonds is 8. The third kappa shape index (κ3) is 5.50. The first-order valence-electron chi connectivity index (χ1n) is 9.82. The van der Waals surface area contributed by atoms with E-state index in [9.17, 15) is 9.59 Å². The van der Waals surface area contributed by atoms with E-state index in [0.717, 1.165) is 25.2 Å². The van der Waals surface area contributed by atoms with Gasteiger partial charge in [-0.3, -0.25) is 14.5 Å². The van der Waals surface area contributed by atoms with Gasteiger partial charge in [0.1, 0.15) is 5.69 Å². The molecule has 0 atom stereocenters. The van der Waals surface area contributed by atoms with Crippen molar-refractivity contribution in [1.82, 2.24) is 20.0 Å². The molecule has 2 heterocycles. The highest BCUT2D eigenvalue weighted by molar-refractivity contribution is 5.91. The summed E-state index contributed by atoms with van der Waals surface area (Å²) >= 11 is 0. The molecule has 7 nitrogen and oxygen atoms in total. The summed E-state index contributed by atoms with van der Waals surface area (Å²) in [6, 6.07) is 11.0. The molecule has 1 aliphatic rings. The van der Waals surface area contributed by atoms with E-state index < -0.39 is 0 Å². The van der Waals surface area contributed by atoms with Gasteiger partial charge in [-0.1, -0.05) is 30.7 Å². The van der Waals surface area contributed by atoms with Crippen LogP contribution in [0, 0.1) is 0 Å². The number of nitrogens with one attached hydrogen (secondary N) is 1. The number of carbonyl (C=O) groups is 1. The molecule has 2 aromatic rings. The molecule has 1 N–H and O–H groups in total. The Morgan fingerprint density at radius 1 is 1.11 bits per heavy atom. The van der Waals surface area contributed by atoms with Crippen LogP contribution >= 0.6 is 0 Å². The smallest absolute Gasteiger partial charge is 0.271 e. The number of likely N-dealkylation sites (tertiary alicyclic amines) is 1. The topological polar surface area (TPSA) is 76.5 Å². The van der Waals surface area contributed by atoms with Crippen LogP contribution in [-0.4, -0.2) is 47.4 Å². The first-order chi connectivity index (χ1) is 13.7. The Bertz CT molecular complexity index is 844. The molecule has 0 radical (unpaired) electrons. The monoisotopic (exact) mass is 384 g/mol. The van der Waals surface area contributed by atoms with Crippen LogP contribution in [0.5, 0.6) is 0 Å². The molecule has 0 bridgehead atoms. The molecule has 1 aromatic heterocycles. The standard InChI is InChI=1S/C21H28N4O3/c1-28-14-13-25-20(26)10-9-19(23-25)21(27)22-15-17-7-3-4-8-18(17)16-24-11-5-2-6-12-24/h3-4,7-10H,2,5-6,11-16H2,1H3,(H,22,27). The fourth-order valence-corrected chi connectivity index (χ4v) is 3.42. The number of hydrogen-bond donors (Lipinski definition) is 1. The number of benzene rings is 1. The summed E-state index contributed by atoms with van der Waals surface area (Å²) in [7, 11) is 1.56. The van der Waals surface area contributed by atoms with Crippen molar-refractivity contribution in [3.63, 3.8) is 0 Å². The Hall–Kier alpha value is -2.51. The quantitative estimate of drug-likeness (QED) is 0.751. The fourth-order valence-electron chi connectivity index (χ4n) is 3.42. The van der Waals surface area contributed by atoms with Gasteiger partial charge in [0.15, 0.2) is 0 Å². The van der Waals surface area contributed by atoms with E-state index in [0.29, 0.717) is 19.7 Å². The second-order valence-electron chi connectivity index (χ2n) is 7.06. The van der Waals surface area contributed by atoms with Crippen LogP contribution in [0.3, 0.4) is 0 Å². The Balaban J connectivity index is 1.64. The first kappa shape index (κ1) is 20.2. The number of amides is 1. The van der Waals surface area contributed by atoms with Crippen molar-refractivity contribution in [2.75, 3.05) is 26.8 Å². The van der Waals surface area contributed by atoms with Gasteiger partial charge in [0, 0.05) is 26.3 Å². The van der Waals surface area contributed by atoms with Crippen molar-refractivity contribution in [2.24, 2.45) is 0 Å². The summed E-state index contributed by atoms with van der Waals surface area (Å²) in [6.45, 7) is 4.28. The summed E-state index contributed by atoms with van der Waals surface area (Å²) in [4.78, 5) is 26.8. The van der Waals surface area contributed by atoms with Crippen LogP contribution < -0.4 is 10.9 Å². The molecule has 1 fully saturated rings. The summed E-state index contributed by atoms with van der Waals surface area (Å²) in [6.07, 6.45) is 3.82. The van der Waals surface area contributed by atoms with Crippen molar-refractivity contribution in [1.29, 1.82) is 0 Å². The van der Waals surface area contributed by atoms with Gasteiger partial charge < -0.3 is 10.1 Å². The van der Waals surface area contributed by atoms with Gasteiger partial charge in [-0.2, -0.15) is 5.10 Å². The molecule has 7 heteroatoms. The van der Waals surface area contributed by atoms with E-state index in [4.69, 9.17) is 4.74 Å². The van der Waals surface area contributed by atoms with Crippen molar-refractivity contribution in [3.8, 4) is 0 Å². The summed E-state index contributed by atoms with van der Waals surface area (Å²) < 4.78 is 6.23. The van der Waals surface area contributed by atoms with Gasteiger partial charge >= 0.3 is 0 Å². The minimum Gasteiger partial charge on any atom is -0.383 e. The zero-order valence-electron chi connectivity index (χ0n) is 16.4. The molecule has 0 spiro atoms. The van der Waals surface area contributed by atoms with Crippen LogP contribution in [0.15, 0.2) is 41.2 Å². The lowest BCUT2D eigenvalue weighted by atomic mass is 10.0. The van der Waals surface area contributed by atoms with Crippen molar-refractivity contribution < 1.29 is 9.53 Å². The molecule has 1 amide bonds. The van der Waals surface area contributed by atoms with Crippen molar-refractivity contribution >= 4 is 5.91 Å². The zero-order chi connectivity index (χ0) is 19.8. The summed E-state index contributed by atoms with van der Waals surface area (Å²) in [5.74, 6) is -0.293. The molecule has 0 aliphatic carbocycles. The summed E-state index contributed by atoms with van der Waals surface area (Å²) in [5.41, 5.74) is 2.32. The Labute approximate surface area is 165 Å². The fraction of sp³-hybridized carbons (Fsp3) is 0.476. The van der Waals surface area contributed by atoms with Crippen molar-refractivity contribution in [3.05, 3.63) is 63.6 Å². The second kappa shape index (κ2) is 10.1. The highest BCUT2D eigenvalue weighted by Gasteiger charge is 2.14. The summed E-state index contributed by atoms with van der Waals surface area (Å²) in [5, 5.41) is 7.07. The number of methoxy groups -OCH3 is 1. The lowest BCUT2D eigenvalue weighted by molar-refractivity contribution is 0.0942. The van der Waals surface area contributed by atoms with E-state index in [2.05, 4.69) is 21.4 Å². The molecule has 0 saturated carbocycles. The normalized spacial score (nSPS) is 14.8. The molecular weight excluding hydrogens is 356 g/mol. The van der Waals surface area contributed by atoms with Gasteiger partial charge in [0.2, 0.25) is 0 Å². The lowest BCUT2D eigenvalue weighted by Gasteiger charge is -2.27. The van der Waals surface area contributed by atoms with Crippen LogP contribution in [0.2, 0.25) is 0 Å². The second-order valence-corrected chi connectivity index (χ2v) is 7.06. The molecule has 28 heavy (non-hydrogen) atoms. The molecule has 3 rings (SSSR count). The van der Waals surface area contributed by atoms with Gasteiger partial charge in [0.25, 0.3) is 11.5 Å². The lowest BCUT2D eigenvalue weighted by Crippen LogP contribution is -2.31. The Morgan fingerprint density at radius 3 is 2.61 bits per heavy atom. The molecule has 150 valence electrons. The number of ether oxygens (including phenoxy) is 1. The van der Waals surface area contributed by atoms with E-state index in [-0.39, 0.29) is 17.2 Å². The van der Waals surface area contributed by atoms with Gasteiger partial charge in [-0.25, -0.2) is 4.68 Å². The number of aromatic nitrogens is 2.